The predicted octanol–water partition coefficient (Wildman–Crippen LogP) is -1.19. The van der Waals surface area contributed by atoms with Crippen LogP contribution in [0.5, 0.6) is 0 Å². The smallest absolute Gasteiger partial charge is 0.189 e. The highest BCUT2D eigenvalue weighted by molar-refractivity contribution is 6.32. The van der Waals surface area contributed by atoms with E-state index in [1.54, 1.807) is 34.8 Å². The van der Waals surface area contributed by atoms with E-state index in [0.29, 0.717) is 22.8 Å². The fraction of sp³-hybridized carbons (Fsp3) is 0.182. The second-order valence-electron chi connectivity index (χ2n) is 3.53. The lowest BCUT2D eigenvalue weighted by molar-refractivity contribution is 0.436. The highest BCUT2D eigenvalue weighted by atomic mass is 16.3. The Balaban J connectivity index is 3.32. The molecule has 0 radical (unpaired) electrons. The average Bonchev–Trinajstić information content (AvgIpc) is 2.28. The first kappa shape index (κ1) is 13.2. The molecular formula is C11H15B2N3O. The van der Waals surface area contributed by atoms with Crippen molar-refractivity contribution >= 4 is 32.7 Å². The number of allylic oxidation sites excluding steroid dienone is 5. The van der Waals surface area contributed by atoms with Crippen molar-refractivity contribution in [1.82, 2.24) is 15.0 Å². The number of aliphatic hydroxyl groups is 1. The third kappa shape index (κ3) is 3.59. The number of rotatable bonds is 3. The first-order valence-corrected chi connectivity index (χ1v) is 5.46. The van der Waals surface area contributed by atoms with Crippen LogP contribution in [0.15, 0.2) is 30.1 Å². The van der Waals surface area contributed by atoms with Gasteiger partial charge in [0.2, 0.25) is 0 Å². The van der Waals surface area contributed by atoms with Gasteiger partial charge in [-0.15, -0.1) is 0 Å². The van der Waals surface area contributed by atoms with Crippen molar-refractivity contribution in [1.29, 1.82) is 0 Å². The summed E-state index contributed by atoms with van der Waals surface area (Å²) >= 11 is 0. The lowest BCUT2D eigenvalue weighted by Crippen LogP contribution is -2.29. The molecule has 0 aliphatic heterocycles. The third-order valence-corrected chi connectivity index (χ3v) is 2.10. The van der Waals surface area contributed by atoms with Crippen LogP contribution in [-0.4, -0.2) is 35.8 Å². The van der Waals surface area contributed by atoms with Crippen molar-refractivity contribution in [2.24, 2.45) is 0 Å². The zero-order valence-electron chi connectivity index (χ0n) is 10.6. The third-order valence-electron chi connectivity index (χ3n) is 2.10. The van der Waals surface area contributed by atoms with Crippen LogP contribution in [0.2, 0.25) is 0 Å². The van der Waals surface area contributed by atoms with E-state index in [1.807, 2.05) is 19.1 Å². The van der Waals surface area contributed by atoms with E-state index in [1.165, 1.54) is 0 Å². The molecular weight excluding hydrogens is 212 g/mol. The van der Waals surface area contributed by atoms with Crippen molar-refractivity contribution in [2.45, 2.75) is 13.8 Å². The minimum Gasteiger partial charge on any atom is -0.508 e. The molecule has 0 saturated heterocycles. The van der Waals surface area contributed by atoms with Gasteiger partial charge >= 0.3 is 0 Å². The molecule has 1 N–H and O–H groups in total. The van der Waals surface area contributed by atoms with E-state index in [9.17, 15) is 5.11 Å². The lowest BCUT2D eigenvalue weighted by Gasteiger charge is -2.06. The molecule has 1 heterocycles. The molecule has 0 aliphatic carbocycles. The van der Waals surface area contributed by atoms with Crippen LogP contribution in [0.3, 0.4) is 0 Å². The first-order valence-electron chi connectivity index (χ1n) is 5.46. The molecule has 1 rings (SSSR count). The molecule has 0 bridgehead atoms. The predicted molar refractivity (Wildman–Crippen MR) is 75.4 cm³/mol. The fourth-order valence-electron chi connectivity index (χ4n) is 1.36. The Morgan fingerprint density at radius 3 is 2.18 bits per heavy atom. The van der Waals surface area contributed by atoms with Crippen molar-refractivity contribution in [3.05, 3.63) is 35.9 Å². The summed E-state index contributed by atoms with van der Waals surface area (Å²) in [6.07, 6.45) is 7.11. The van der Waals surface area contributed by atoms with Crippen LogP contribution >= 0.6 is 0 Å². The summed E-state index contributed by atoms with van der Waals surface area (Å²) in [5.41, 5.74) is 1.88. The maximum Gasteiger partial charge on any atom is 0.189 e. The van der Waals surface area contributed by atoms with E-state index >= 15 is 0 Å². The first-order chi connectivity index (χ1) is 8.08. The lowest BCUT2D eigenvalue weighted by atomic mass is 10.1. The molecule has 86 valence electrons. The molecule has 0 fully saturated rings. The number of hydrogen-bond acceptors (Lipinski definition) is 4. The molecule has 0 aliphatic rings. The summed E-state index contributed by atoms with van der Waals surface area (Å²) in [5, 5.41) is 9.84. The zero-order valence-corrected chi connectivity index (χ0v) is 10.6. The summed E-state index contributed by atoms with van der Waals surface area (Å²) in [4.78, 5) is 12.6. The van der Waals surface area contributed by atoms with Gasteiger partial charge in [-0.05, 0) is 26.0 Å². The quantitative estimate of drug-likeness (QED) is 0.400. The Bertz CT molecular complexity index is 475. The molecule has 4 nitrogen and oxygen atoms in total. The normalized spacial score (nSPS) is 13.3. The highest BCUT2D eigenvalue weighted by Gasteiger charge is 2.10. The standard InChI is InChI=1S/C11H15B2N3O/c1-3-5-6-7(8(17)4-2)9-14-10(12)16-11(13)15-9/h3-6,17H,12-13H2,1-2H3/b5-3-,7-6+,8-4+. The zero-order chi connectivity index (χ0) is 12.8. The molecule has 0 atom stereocenters. The minimum atomic E-state index is 0.160. The molecule has 1 aromatic rings. The van der Waals surface area contributed by atoms with Crippen molar-refractivity contribution in [3.8, 4) is 0 Å². The summed E-state index contributed by atoms with van der Waals surface area (Å²) in [6.45, 7) is 3.67. The molecule has 1 aromatic heterocycles. The van der Waals surface area contributed by atoms with Crippen LogP contribution in [-0.2, 0) is 0 Å². The van der Waals surface area contributed by atoms with E-state index in [-0.39, 0.29) is 5.76 Å². The van der Waals surface area contributed by atoms with Crippen LogP contribution < -0.4 is 11.4 Å². The Morgan fingerprint density at radius 1 is 1.12 bits per heavy atom. The Morgan fingerprint density at radius 2 is 1.71 bits per heavy atom. The second kappa shape index (κ2) is 6.03. The molecule has 0 unspecified atom stereocenters. The van der Waals surface area contributed by atoms with Gasteiger partial charge in [-0.25, -0.2) is 15.0 Å². The van der Waals surface area contributed by atoms with Crippen LogP contribution in [0.4, 0.5) is 0 Å². The SMILES string of the molecule is Bc1nc(B)nc(C(=C/C=C\C)/C(O)=C\C)n1. The van der Waals surface area contributed by atoms with Gasteiger partial charge in [0.05, 0.1) is 17.0 Å². The van der Waals surface area contributed by atoms with Gasteiger partial charge in [0.1, 0.15) is 5.76 Å². The molecule has 0 spiro atoms. The maximum atomic E-state index is 9.84. The van der Waals surface area contributed by atoms with Gasteiger partial charge in [-0.1, -0.05) is 12.2 Å². The van der Waals surface area contributed by atoms with Crippen molar-refractivity contribution in [2.75, 3.05) is 0 Å². The number of aromatic nitrogens is 3. The highest BCUT2D eigenvalue weighted by Crippen LogP contribution is 2.16. The van der Waals surface area contributed by atoms with Crippen molar-refractivity contribution < 1.29 is 5.11 Å². The molecule has 0 amide bonds. The summed E-state index contributed by atoms with van der Waals surface area (Å²) < 4.78 is 0. The molecule has 17 heavy (non-hydrogen) atoms. The van der Waals surface area contributed by atoms with Crippen LogP contribution in [0.25, 0.3) is 5.57 Å². The second-order valence-corrected chi connectivity index (χ2v) is 3.53. The van der Waals surface area contributed by atoms with E-state index in [4.69, 9.17) is 0 Å². The Labute approximate surface area is 103 Å². The largest absolute Gasteiger partial charge is 0.508 e. The van der Waals surface area contributed by atoms with Crippen LogP contribution in [0, 0.1) is 0 Å². The van der Waals surface area contributed by atoms with Gasteiger partial charge in [-0.2, -0.15) is 0 Å². The molecule has 0 aromatic carbocycles. The number of nitrogens with zero attached hydrogens (tertiary/aromatic N) is 3. The maximum absolute atomic E-state index is 9.84. The van der Waals surface area contributed by atoms with Gasteiger partial charge in [0.25, 0.3) is 0 Å². The number of hydrogen-bond donors (Lipinski definition) is 1. The van der Waals surface area contributed by atoms with Gasteiger partial charge in [0.15, 0.2) is 21.5 Å². The minimum absolute atomic E-state index is 0.160. The molecule has 6 heteroatoms. The van der Waals surface area contributed by atoms with Crippen LogP contribution in [0.1, 0.15) is 19.7 Å². The van der Waals surface area contributed by atoms with Gasteiger partial charge in [-0.3, -0.25) is 0 Å². The van der Waals surface area contributed by atoms with Gasteiger partial charge in [0, 0.05) is 0 Å². The topological polar surface area (TPSA) is 58.9 Å². The average molecular weight is 227 g/mol. The summed E-state index contributed by atoms with van der Waals surface area (Å²) in [7, 11) is 3.61. The number of aliphatic hydroxyl groups excluding tert-OH is 1. The Hall–Kier alpha value is -1.84. The van der Waals surface area contributed by atoms with E-state index in [0.717, 1.165) is 0 Å². The monoisotopic (exact) mass is 227 g/mol. The van der Waals surface area contributed by atoms with Gasteiger partial charge < -0.3 is 5.11 Å². The van der Waals surface area contributed by atoms with E-state index < -0.39 is 0 Å². The van der Waals surface area contributed by atoms with E-state index in [2.05, 4.69) is 15.0 Å². The Kier molecular flexibility index (Phi) is 4.69. The summed E-state index contributed by atoms with van der Waals surface area (Å²) in [6, 6.07) is 0. The summed E-state index contributed by atoms with van der Waals surface area (Å²) in [5.74, 6) is 0.650. The van der Waals surface area contributed by atoms with Crippen molar-refractivity contribution in [3.63, 3.8) is 0 Å². The fourth-order valence-corrected chi connectivity index (χ4v) is 1.36. The molecule has 0 saturated carbocycles.